The largest absolute Gasteiger partial charge is 0.488 e. The van der Waals surface area contributed by atoms with Crippen LogP contribution in [0.5, 0.6) is 5.75 Å². The van der Waals surface area contributed by atoms with Gasteiger partial charge in [0.05, 0.1) is 15.7 Å². The first kappa shape index (κ1) is 24.1. The van der Waals surface area contributed by atoms with Crippen LogP contribution in [-0.2, 0) is 16.2 Å². The van der Waals surface area contributed by atoms with Crippen LogP contribution in [0, 0.1) is 0 Å². The lowest BCUT2D eigenvalue weighted by atomic mass is 10.1. The normalized spacial score (nSPS) is 15.0. The van der Waals surface area contributed by atoms with Crippen molar-refractivity contribution in [2.45, 2.75) is 6.61 Å². The van der Waals surface area contributed by atoms with E-state index in [-0.39, 0.29) is 27.9 Å². The molecule has 0 atom stereocenters. The number of benzene rings is 3. The lowest BCUT2D eigenvalue weighted by molar-refractivity contribution is -0.122. The number of ether oxygens (including phenoxy) is 1. The molecule has 0 radical (unpaired) electrons. The van der Waals surface area contributed by atoms with Crippen molar-refractivity contribution in [2.24, 2.45) is 0 Å². The Bertz CT molecular complexity index is 1360. The number of hydrogen-bond acceptors (Lipinski definition) is 4. The van der Waals surface area contributed by atoms with E-state index in [9.17, 15) is 14.4 Å². The molecule has 0 unspecified atom stereocenters. The van der Waals surface area contributed by atoms with Gasteiger partial charge in [-0.05, 0) is 42.5 Å². The Labute approximate surface area is 214 Å². The van der Waals surface area contributed by atoms with Gasteiger partial charge in [-0.3, -0.25) is 14.9 Å². The second-order valence-electron chi connectivity index (χ2n) is 7.12. The van der Waals surface area contributed by atoms with Gasteiger partial charge >= 0.3 is 6.03 Å². The fourth-order valence-electron chi connectivity index (χ4n) is 3.20. The molecule has 4 amide bonds. The van der Waals surface area contributed by atoms with Crippen molar-refractivity contribution >= 4 is 76.0 Å². The van der Waals surface area contributed by atoms with Crippen LogP contribution >= 0.6 is 46.4 Å². The topological polar surface area (TPSA) is 75.7 Å². The Morgan fingerprint density at radius 1 is 0.853 bits per heavy atom. The van der Waals surface area contributed by atoms with Crippen LogP contribution in [0.25, 0.3) is 6.08 Å². The average molecular weight is 536 g/mol. The fraction of sp³-hybridized carbons (Fsp3) is 0.0417. The minimum Gasteiger partial charge on any atom is -0.488 e. The van der Waals surface area contributed by atoms with Gasteiger partial charge in [-0.15, -0.1) is 0 Å². The van der Waals surface area contributed by atoms with Crippen LogP contribution in [-0.4, -0.2) is 17.8 Å². The van der Waals surface area contributed by atoms with Crippen LogP contribution in [0.1, 0.15) is 11.1 Å². The molecule has 10 heteroatoms. The SMILES string of the molecule is O=C1NC(=O)N(c2ccc(Cl)c(Cl)c2)C(=O)/C1=C/c1ccccc1OCc1ccc(Cl)cc1Cl. The zero-order valence-corrected chi connectivity index (χ0v) is 20.2. The zero-order chi connectivity index (χ0) is 24.4. The summed E-state index contributed by atoms with van der Waals surface area (Å²) in [7, 11) is 0. The highest BCUT2D eigenvalue weighted by Crippen LogP contribution is 2.31. The van der Waals surface area contributed by atoms with Gasteiger partial charge in [0.2, 0.25) is 0 Å². The summed E-state index contributed by atoms with van der Waals surface area (Å²) in [5.41, 5.74) is 1.06. The molecule has 34 heavy (non-hydrogen) atoms. The number of para-hydroxylation sites is 1. The number of nitrogens with zero attached hydrogens (tertiary/aromatic N) is 1. The minimum atomic E-state index is -0.896. The Balaban J connectivity index is 1.65. The molecule has 3 aromatic rings. The molecule has 6 nitrogen and oxygen atoms in total. The molecule has 1 aliphatic heterocycles. The van der Waals surface area contributed by atoms with Crippen molar-refractivity contribution in [1.29, 1.82) is 0 Å². The Hall–Kier alpha value is -3.03. The minimum absolute atomic E-state index is 0.129. The second-order valence-corrected chi connectivity index (χ2v) is 8.78. The Kier molecular flexibility index (Phi) is 7.14. The third-order valence-corrected chi connectivity index (χ3v) is 6.21. The van der Waals surface area contributed by atoms with Gasteiger partial charge in [0, 0.05) is 21.2 Å². The van der Waals surface area contributed by atoms with E-state index < -0.39 is 17.8 Å². The molecule has 1 saturated heterocycles. The summed E-state index contributed by atoms with van der Waals surface area (Å²) in [5, 5.41) is 3.52. The molecular weight excluding hydrogens is 522 g/mol. The van der Waals surface area contributed by atoms with Crippen LogP contribution in [0.2, 0.25) is 20.1 Å². The lowest BCUT2D eigenvalue weighted by Gasteiger charge is -2.26. The number of amides is 4. The first-order valence-electron chi connectivity index (χ1n) is 9.77. The van der Waals surface area contributed by atoms with Gasteiger partial charge in [-0.25, -0.2) is 9.69 Å². The maximum absolute atomic E-state index is 13.1. The highest BCUT2D eigenvalue weighted by atomic mass is 35.5. The summed E-state index contributed by atoms with van der Waals surface area (Å²) >= 11 is 24.1. The molecule has 0 saturated carbocycles. The van der Waals surface area contributed by atoms with Crippen LogP contribution in [0.4, 0.5) is 10.5 Å². The highest BCUT2D eigenvalue weighted by Gasteiger charge is 2.37. The number of imide groups is 2. The number of carbonyl (C=O) groups is 3. The number of carbonyl (C=O) groups excluding carboxylic acids is 3. The van der Waals surface area contributed by atoms with Crippen LogP contribution in [0.3, 0.4) is 0 Å². The quantitative estimate of drug-likeness (QED) is 0.297. The molecule has 0 spiro atoms. The van der Waals surface area contributed by atoms with Crippen molar-refractivity contribution in [3.63, 3.8) is 0 Å². The lowest BCUT2D eigenvalue weighted by Crippen LogP contribution is -2.54. The average Bonchev–Trinajstić information content (AvgIpc) is 2.79. The first-order valence-corrected chi connectivity index (χ1v) is 11.3. The van der Waals surface area contributed by atoms with E-state index in [1.54, 1.807) is 42.5 Å². The molecular formula is C24H14Cl4N2O4. The van der Waals surface area contributed by atoms with E-state index in [4.69, 9.17) is 51.1 Å². The van der Waals surface area contributed by atoms with E-state index in [0.29, 0.717) is 26.9 Å². The number of nitrogens with one attached hydrogen (secondary N) is 1. The molecule has 1 N–H and O–H groups in total. The summed E-state index contributed by atoms with van der Waals surface area (Å²) in [4.78, 5) is 38.9. The summed E-state index contributed by atoms with van der Waals surface area (Å²) in [6, 6.07) is 15.2. The number of hydrogen-bond donors (Lipinski definition) is 1. The summed E-state index contributed by atoms with van der Waals surface area (Å²) in [5.74, 6) is -1.25. The Morgan fingerprint density at radius 2 is 1.62 bits per heavy atom. The predicted octanol–water partition coefficient (Wildman–Crippen LogP) is 6.55. The van der Waals surface area contributed by atoms with Crippen molar-refractivity contribution < 1.29 is 19.1 Å². The zero-order valence-electron chi connectivity index (χ0n) is 17.2. The van der Waals surface area contributed by atoms with E-state index in [1.807, 2.05) is 0 Å². The maximum atomic E-state index is 13.1. The van der Waals surface area contributed by atoms with Gasteiger partial charge in [0.25, 0.3) is 11.8 Å². The number of anilines is 1. The Morgan fingerprint density at radius 3 is 2.35 bits per heavy atom. The fourth-order valence-corrected chi connectivity index (χ4v) is 3.95. The summed E-state index contributed by atoms with van der Waals surface area (Å²) in [6.07, 6.45) is 1.35. The van der Waals surface area contributed by atoms with E-state index >= 15 is 0 Å². The molecule has 1 fully saturated rings. The van der Waals surface area contributed by atoms with Crippen LogP contribution in [0.15, 0.2) is 66.2 Å². The molecule has 0 aliphatic carbocycles. The standard InChI is InChI=1S/C24H14Cl4N2O4/c25-15-6-5-14(19(27)10-15)12-34-21-4-2-1-3-13(21)9-17-22(31)29-24(33)30(23(17)32)16-7-8-18(26)20(28)11-16/h1-11H,12H2,(H,29,31,33)/b17-9+. The monoisotopic (exact) mass is 534 g/mol. The molecule has 172 valence electrons. The number of barbiturate groups is 1. The van der Waals surface area contributed by atoms with Crippen LogP contribution < -0.4 is 15.0 Å². The van der Waals surface area contributed by atoms with Gasteiger partial charge in [-0.2, -0.15) is 0 Å². The van der Waals surface area contributed by atoms with Gasteiger partial charge in [0.15, 0.2) is 0 Å². The number of rotatable bonds is 5. The molecule has 4 rings (SSSR count). The van der Waals surface area contributed by atoms with Gasteiger partial charge in [0.1, 0.15) is 17.9 Å². The molecule has 0 aromatic heterocycles. The molecule has 3 aromatic carbocycles. The van der Waals surface area contributed by atoms with Gasteiger partial charge in [-0.1, -0.05) is 70.7 Å². The van der Waals surface area contributed by atoms with Crippen molar-refractivity contribution in [1.82, 2.24) is 5.32 Å². The molecule has 0 bridgehead atoms. The molecule has 1 heterocycles. The predicted molar refractivity (Wildman–Crippen MR) is 133 cm³/mol. The van der Waals surface area contributed by atoms with E-state index in [1.165, 1.54) is 24.3 Å². The second kappa shape index (κ2) is 10.1. The number of halogens is 4. The van der Waals surface area contributed by atoms with Gasteiger partial charge < -0.3 is 4.74 Å². The molecule has 1 aliphatic rings. The summed E-state index contributed by atoms with van der Waals surface area (Å²) in [6.45, 7) is 0.129. The van der Waals surface area contributed by atoms with Crippen molar-refractivity contribution in [3.05, 3.63) is 97.5 Å². The number of urea groups is 1. The third kappa shape index (κ3) is 5.05. The van der Waals surface area contributed by atoms with Crippen molar-refractivity contribution in [2.75, 3.05) is 4.90 Å². The summed E-state index contributed by atoms with van der Waals surface area (Å²) < 4.78 is 5.89. The maximum Gasteiger partial charge on any atom is 0.335 e. The van der Waals surface area contributed by atoms with E-state index in [2.05, 4.69) is 5.32 Å². The first-order chi connectivity index (χ1) is 16.2. The van der Waals surface area contributed by atoms with E-state index in [0.717, 1.165) is 4.90 Å². The van der Waals surface area contributed by atoms with Crippen molar-refractivity contribution in [3.8, 4) is 5.75 Å². The smallest absolute Gasteiger partial charge is 0.335 e. The highest BCUT2D eigenvalue weighted by molar-refractivity contribution is 6.43. The third-order valence-electron chi connectivity index (χ3n) is 4.88.